The number of rotatable bonds is 4. The quantitative estimate of drug-likeness (QED) is 0.354. The average molecular weight is 436 g/mol. The average Bonchev–Trinajstić information content (AvgIpc) is 2.76. The van der Waals surface area contributed by atoms with Crippen LogP contribution in [0.5, 0.6) is 5.75 Å². The molecule has 1 saturated carbocycles. The zero-order valence-electron chi connectivity index (χ0n) is 17.2. The topological polar surface area (TPSA) is 9.23 Å². The molecule has 0 aliphatic heterocycles. The molecule has 166 valence electrons. The summed E-state index contributed by atoms with van der Waals surface area (Å²) in [6.07, 6.45) is 2.74. The van der Waals surface area contributed by atoms with Gasteiger partial charge in [-0.2, -0.15) is 0 Å². The molecule has 1 nitrogen and oxygen atoms in total. The molecule has 2 aromatic rings. The summed E-state index contributed by atoms with van der Waals surface area (Å²) in [5.74, 6) is -2.68. The van der Waals surface area contributed by atoms with Crippen molar-refractivity contribution in [1.29, 1.82) is 0 Å². The van der Waals surface area contributed by atoms with Crippen LogP contribution in [0.25, 0.3) is 0 Å². The van der Waals surface area contributed by atoms with E-state index in [4.69, 9.17) is 0 Å². The molecular formula is C25H25F5O. The molecule has 1 fully saturated rings. The van der Waals surface area contributed by atoms with E-state index < -0.39 is 23.7 Å². The van der Waals surface area contributed by atoms with Crippen molar-refractivity contribution >= 4 is 0 Å². The molecule has 0 radical (unpaired) electrons. The first-order chi connectivity index (χ1) is 14.7. The van der Waals surface area contributed by atoms with Crippen molar-refractivity contribution in [2.24, 2.45) is 5.92 Å². The molecule has 0 amide bonds. The van der Waals surface area contributed by atoms with Crippen LogP contribution in [0.1, 0.15) is 66.2 Å². The zero-order chi connectivity index (χ0) is 22.2. The largest absolute Gasteiger partial charge is 0.573 e. The summed E-state index contributed by atoms with van der Waals surface area (Å²) in [6.45, 7) is 3.89. The molecule has 4 rings (SSSR count). The van der Waals surface area contributed by atoms with Gasteiger partial charge in [0.25, 0.3) is 0 Å². The van der Waals surface area contributed by atoms with Gasteiger partial charge in [-0.1, -0.05) is 30.3 Å². The monoisotopic (exact) mass is 436 g/mol. The number of fused-ring (bicyclic) bond motifs is 1. The number of halogens is 5. The van der Waals surface area contributed by atoms with E-state index in [1.54, 1.807) is 0 Å². The van der Waals surface area contributed by atoms with Gasteiger partial charge in [-0.05, 0) is 91.0 Å². The van der Waals surface area contributed by atoms with E-state index in [1.807, 2.05) is 6.08 Å². The highest BCUT2D eigenvalue weighted by molar-refractivity contribution is 5.42. The molecule has 0 bridgehead atoms. The molecule has 0 spiro atoms. The van der Waals surface area contributed by atoms with Crippen molar-refractivity contribution < 1.29 is 26.7 Å². The van der Waals surface area contributed by atoms with Crippen molar-refractivity contribution in [3.63, 3.8) is 0 Å². The van der Waals surface area contributed by atoms with Crippen LogP contribution < -0.4 is 4.74 Å². The zero-order valence-corrected chi connectivity index (χ0v) is 17.2. The van der Waals surface area contributed by atoms with Crippen LogP contribution in [-0.2, 0) is 12.8 Å². The van der Waals surface area contributed by atoms with E-state index in [0.29, 0.717) is 30.2 Å². The van der Waals surface area contributed by atoms with Gasteiger partial charge in [0.15, 0.2) is 11.6 Å². The SMILES string of the molecule is C=CC1CCC(c2ccc(C3CCc4c(cc(F)c(OC(F)(F)F)c4F)C3)cc2)CC1. The summed E-state index contributed by atoms with van der Waals surface area (Å²) in [4.78, 5) is 0. The highest BCUT2D eigenvalue weighted by Gasteiger charge is 2.36. The van der Waals surface area contributed by atoms with Gasteiger partial charge < -0.3 is 4.74 Å². The normalized spacial score (nSPS) is 23.8. The highest BCUT2D eigenvalue weighted by atomic mass is 19.4. The van der Waals surface area contributed by atoms with Crippen molar-refractivity contribution in [3.8, 4) is 5.75 Å². The number of alkyl halides is 3. The number of hydrogen-bond acceptors (Lipinski definition) is 1. The fourth-order valence-corrected chi connectivity index (χ4v) is 5.05. The van der Waals surface area contributed by atoms with Gasteiger partial charge in [-0.15, -0.1) is 19.8 Å². The Bertz CT molecular complexity index is 940. The summed E-state index contributed by atoms with van der Waals surface area (Å²) in [6, 6.07) is 9.44. The summed E-state index contributed by atoms with van der Waals surface area (Å²) in [5, 5.41) is 0. The Kier molecular flexibility index (Phi) is 6.09. The molecule has 2 aliphatic rings. The van der Waals surface area contributed by atoms with Crippen molar-refractivity contribution in [2.45, 2.75) is 63.1 Å². The van der Waals surface area contributed by atoms with E-state index >= 15 is 0 Å². The number of ether oxygens (including phenoxy) is 1. The lowest BCUT2D eigenvalue weighted by molar-refractivity contribution is -0.276. The highest BCUT2D eigenvalue weighted by Crippen LogP contribution is 2.40. The van der Waals surface area contributed by atoms with Crippen molar-refractivity contribution in [1.82, 2.24) is 0 Å². The molecule has 2 aromatic carbocycles. The van der Waals surface area contributed by atoms with Crippen molar-refractivity contribution in [2.75, 3.05) is 0 Å². The number of benzene rings is 2. The second-order valence-electron chi connectivity index (χ2n) is 8.64. The standard InChI is InChI=1S/C25H25F5O/c1-2-15-3-5-16(6-4-15)17-7-9-18(10-8-17)19-11-12-21-20(13-19)14-22(26)24(23(21)27)31-25(28,29)30/h2,7-10,14-16,19H,1,3-6,11-13H2. The molecule has 0 aromatic heterocycles. The summed E-state index contributed by atoms with van der Waals surface area (Å²) in [7, 11) is 0. The lowest BCUT2D eigenvalue weighted by Crippen LogP contribution is -2.21. The Labute approximate surface area is 178 Å². The molecule has 31 heavy (non-hydrogen) atoms. The fourth-order valence-electron chi connectivity index (χ4n) is 5.05. The minimum atomic E-state index is -5.14. The maximum atomic E-state index is 14.5. The summed E-state index contributed by atoms with van der Waals surface area (Å²) < 4.78 is 69.6. The summed E-state index contributed by atoms with van der Waals surface area (Å²) in [5.41, 5.74) is 2.93. The minimum Gasteiger partial charge on any atom is -0.399 e. The Morgan fingerprint density at radius 1 is 0.903 bits per heavy atom. The third-order valence-electron chi connectivity index (χ3n) is 6.78. The van der Waals surface area contributed by atoms with Crippen LogP contribution in [0.15, 0.2) is 43.0 Å². The van der Waals surface area contributed by atoms with Crippen LogP contribution in [0, 0.1) is 17.6 Å². The lowest BCUT2D eigenvalue weighted by atomic mass is 9.77. The smallest absolute Gasteiger partial charge is 0.399 e. The van der Waals surface area contributed by atoms with E-state index in [-0.39, 0.29) is 17.9 Å². The van der Waals surface area contributed by atoms with E-state index in [0.717, 1.165) is 37.3 Å². The van der Waals surface area contributed by atoms with Gasteiger partial charge in [0.1, 0.15) is 0 Å². The van der Waals surface area contributed by atoms with Crippen LogP contribution in [0.3, 0.4) is 0 Å². The van der Waals surface area contributed by atoms with Crippen molar-refractivity contribution in [3.05, 3.63) is 76.9 Å². The lowest BCUT2D eigenvalue weighted by Gasteiger charge is -2.28. The van der Waals surface area contributed by atoms with Gasteiger partial charge >= 0.3 is 6.36 Å². The molecule has 1 unspecified atom stereocenters. The number of allylic oxidation sites excluding steroid dienone is 1. The van der Waals surface area contributed by atoms with Gasteiger partial charge in [-0.3, -0.25) is 0 Å². The molecular weight excluding hydrogens is 411 g/mol. The molecule has 0 saturated heterocycles. The van der Waals surface area contributed by atoms with Crippen LogP contribution in [0.2, 0.25) is 0 Å². The fraction of sp³-hybridized carbons (Fsp3) is 0.440. The first-order valence-corrected chi connectivity index (χ1v) is 10.7. The predicted octanol–water partition coefficient (Wildman–Crippen LogP) is 7.60. The van der Waals surface area contributed by atoms with E-state index in [9.17, 15) is 22.0 Å². The Morgan fingerprint density at radius 2 is 1.52 bits per heavy atom. The molecule has 0 heterocycles. The predicted molar refractivity (Wildman–Crippen MR) is 109 cm³/mol. The number of hydrogen-bond donors (Lipinski definition) is 0. The van der Waals surface area contributed by atoms with E-state index in [2.05, 4.69) is 35.6 Å². The first kappa shape index (κ1) is 21.8. The Morgan fingerprint density at radius 3 is 2.10 bits per heavy atom. The Hall–Kier alpha value is -2.37. The molecule has 6 heteroatoms. The Balaban J connectivity index is 1.48. The van der Waals surface area contributed by atoms with Crippen LogP contribution in [0.4, 0.5) is 22.0 Å². The maximum Gasteiger partial charge on any atom is 0.573 e. The molecule has 1 atom stereocenters. The van der Waals surface area contributed by atoms with Gasteiger partial charge in [-0.25, -0.2) is 8.78 Å². The molecule has 0 N–H and O–H groups in total. The van der Waals surface area contributed by atoms with E-state index in [1.165, 1.54) is 5.56 Å². The van der Waals surface area contributed by atoms with Crippen LogP contribution in [-0.4, -0.2) is 6.36 Å². The third kappa shape index (κ3) is 4.78. The third-order valence-corrected chi connectivity index (χ3v) is 6.78. The summed E-state index contributed by atoms with van der Waals surface area (Å²) >= 11 is 0. The molecule has 2 aliphatic carbocycles. The second-order valence-corrected chi connectivity index (χ2v) is 8.64. The van der Waals surface area contributed by atoms with Crippen LogP contribution >= 0.6 is 0 Å². The van der Waals surface area contributed by atoms with Gasteiger partial charge in [0.2, 0.25) is 5.75 Å². The van der Waals surface area contributed by atoms with Gasteiger partial charge in [0, 0.05) is 0 Å². The maximum absolute atomic E-state index is 14.5. The second kappa shape index (κ2) is 8.64. The van der Waals surface area contributed by atoms with Gasteiger partial charge in [0.05, 0.1) is 0 Å². The first-order valence-electron chi connectivity index (χ1n) is 10.7. The minimum absolute atomic E-state index is 0.0752.